The third kappa shape index (κ3) is 5.79. The summed E-state index contributed by atoms with van der Waals surface area (Å²) in [5, 5.41) is 4.13. The average molecular weight is 159 g/mol. The van der Waals surface area contributed by atoms with E-state index in [0.29, 0.717) is 11.8 Å². The monoisotopic (exact) mass is 159 g/mol. The fourth-order valence-electron chi connectivity index (χ4n) is 0.457. The summed E-state index contributed by atoms with van der Waals surface area (Å²) in [6.07, 6.45) is 1.18. The Morgan fingerprint density at radius 3 is 2.90 bits per heavy atom. The number of hydrogen-bond donors (Lipinski definition) is 0. The first-order valence-corrected chi connectivity index (χ1v) is 4.48. The minimum atomic E-state index is 0.617. The van der Waals surface area contributed by atoms with Gasteiger partial charge in [-0.3, -0.25) is 0 Å². The van der Waals surface area contributed by atoms with Crippen LogP contribution in [0.3, 0.4) is 0 Å². The highest BCUT2D eigenvalue weighted by Gasteiger charge is 1.95. The molecule has 0 aliphatic heterocycles. The maximum absolute atomic E-state index is 7.94. The second-order valence-electron chi connectivity index (χ2n) is 2.04. The first-order chi connectivity index (χ1) is 4.81. The second-order valence-corrected chi connectivity index (χ2v) is 3.59. The molecular formula is C6H13N3S. The Kier molecular flexibility index (Phi) is 6.55. The molecule has 0 aromatic carbocycles. The van der Waals surface area contributed by atoms with Crippen LogP contribution in [0.4, 0.5) is 0 Å². The molecule has 0 radical (unpaired) electrons. The molecule has 1 unspecified atom stereocenters. The quantitative estimate of drug-likeness (QED) is 0.263. The van der Waals surface area contributed by atoms with E-state index in [0.717, 1.165) is 5.75 Å². The molecule has 0 amide bonds. The lowest BCUT2D eigenvalue weighted by molar-refractivity contribution is 0.903. The van der Waals surface area contributed by atoms with Crippen LogP contribution >= 0.6 is 11.8 Å². The summed E-state index contributed by atoms with van der Waals surface area (Å²) < 4.78 is 0. The van der Waals surface area contributed by atoms with E-state index >= 15 is 0 Å². The Hall–Kier alpha value is -0.340. The number of nitrogens with zero attached hydrogens (tertiary/aromatic N) is 3. The van der Waals surface area contributed by atoms with E-state index < -0.39 is 0 Å². The van der Waals surface area contributed by atoms with Crippen molar-refractivity contribution in [2.45, 2.75) is 25.5 Å². The van der Waals surface area contributed by atoms with E-state index in [1.807, 2.05) is 11.8 Å². The first kappa shape index (κ1) is 9.66. The van der Waals surface area contributed by atoms with Crippen molar-refractivity contribution in [1.82, 2.24) is 0 Å². The number of azide groups is 1. The van der Waals surface area contributed by atoms with Crippen LogP contribution in [0.2, 0.25) is 0 Å². The van der Waals surface area contributed by atoms with Crippen LogP contribution < -0.4 is 0 Å². The second kappa shape index (κ2) is 6.78. The number of hydrogen-bond acceptors (Lipinski definition) is 2. The smallest absolute Gasteiger partial charge is 0.0348 e. The van der Waals surface area contributed by atoms with Crippen LogP contribution in [0.25, 0.3) is 10.4 Å². The molecule has 0 saturated heterocycles. The highest BCUT2D eigenvalue weighted by Crippen LogP contribution is 2.12. The summed E-state index contributed by atoms with van der Waals surface area (Å²) in [5.41, 5.74) is 7.94. The topological polar surface area (TPSA) is 48.8 Å². The molecular weight excluding hydrogens is 146 g/mol. The fraction of sp³-hybridized carbons (Fsp3) is 1.00. The lowest BCUT2D eigenvalue weighted by Crippen LogP contribution is -1.95. The van der Waals surface area contributed by atoms with Crippen molar-refractivity contribution in [3.8, 4) is 0 Å². The molecule has 0 rings (SSSR count). The molecule has 0 saturated carbocycles. The van der Waals surface area contributed by atoms with Crippen molar-refractivity contribution in [2.24, 2.45) is 5.11 Å². The molecule has 3 nitrogen and oxygen atoms in total. The summed E-state index contributed by atoms with van der Waals surface area (Å²) in [7, 11) is 0. The van der Waals surface area contributed by atoms with E-state index in [1.165, 1.54) is 6.42 Å². The zero-order chi connectivity index (χ0) is 7.82. The number of rotatable bonds is 5. The zero-order valence-electron chi connectivity index (χ0n) is 6.45. The molecule has 0 aliphatic rings. The van der Waals surface area contributed by atoms with Crippen molar-refractivity contribution in [3.63, 3.8) is 0 Å². The van der Waals surface area contributed by atoms with Gasteiger partial charge in [0, 0.05) is 16.7 Å². The summed E-state index contributed by atoms with van der Waals surface area (Å²) in [6.45, 7) is 4.96. The highest BCUT2D eigenvalue weighted by atomic mass is 32.2. The maximum Gasteiger partial charge on any atom is 0.0348 e. The van der Waals surface area contributed by atoms with Crippen molar-refractivity contribution < 1.29 is 0 Å². The lowest BCUT2D eigenvalue weighted by atomic mass is 10.4. The molecule has 58 valence electrons. The average Bonchev–Trinajstić information content (AvgIpc) is 1.98. The lowest BCUT2D eigenvalue weighted by Gasteiger charge is -2.04. The van der Waals surface area contributed by atoms with Crippen LogP contribution in [0.1, 0.15) is 20.3 Å². The molecule has 0 aromatic heterocycles. The van der Waals surface area contributed by atoms with Gasteiger partial charge < -0.3 is 0 Å². The van der Waals surface area contributed by atoms with E-state index in [-0.39, 0.29) is 0 Å². The Bertz CT molecular complexity index is 120. The normalized spacial score (nSPS) is 12.2. The van der Waals surface area contributed by atoms with Crippen molar-refractivity contribution in [3.05, 3.63) is 10.4 Å². The van der Waals surface area contributed by atoms with Crippen LogP contribution in [0.15, 0.2) is 5.11 Å². The predicted octanol–water partition coefficient (Wildman–Crippen LogP) is 2.83. The van der Waals surface area contributed by atoms with Crippen LogP contribution in [0.5, 0.6) is 0 Å². The van der Waals surface area contributed by atoms with E-state index in [1.54, 1.807) is 0 Å². The maximum atomic E-state index is 7.94. The highest BCUT2D eigenvalue weighted by molar-refractivity contribution is 7.99. The Morgan fingerprint density at radius 1 is 1.70 bits per heavy atom. The molecule has 0 spiro atoms. The van der Waals surface area contributed by atoms with Gasteiger partial charge in [0.25, 0.3) is 0 Å². The van der Waals surface area contributed by atoms with Crippen LogP contribution in [-0.4, -0.2) is 17.5 Å². The SMILES string of the molecule is CCC(C)SCCN=[N+]=[N-]. The molecule has 0 bridgehead atoms. The van der Waals surface area contributed by atoms with Gasteiger partial charge in [0.15, 0.2) is 0 Å². The van der Waals surface area contributed by atoms with Crippen molar-refractivity contribution in [1.29, 1.82) is 0 Å². The molecule has 0 N–H and O–H groups in total. The first-order valence-electron chi connectivity index (χ1n) is 3.43. The van der Waals surface area contributed by atoms with Crippen molar-refractivity contribution >= 4 is 11.8 Å². The van der Waals surface area contributed by atoms with Crippen molar-refractivity contribution in [2.75, 3.05) is 12.3 Å². The van der Waals surface area contributed by atoms with Gasteiger partial charge in [0.1, 0.15) is 0 Å². The van der Waals surface area contributed by atoms with Gasteiger partial charge in [-0.2, -0.15) is 11.8 Å². The van der Waals surface area contributed by atoms with Gasteiger partial charge in [0.05, 0.1) is 0 Å². The van der Waals surface area contributed by atoms with E-state index in [4.69, 9.17) is 5.53 Å². The summed E-state index contributed by atoms with van der Waals surface area (Å²) in [5.74, 6) is 0.944. The third-order valence-electron chi connectivity index (χ3n) is 1.23. The molecule has 1 atom stereocenters. The van der Waals surface area contributed by atoms with Gasteiger partial charge >= 0.3 is 0 Å². The van der Waals surface area contributed by atoms with E-state index in [2.05, 4.69) is 23.9 Å². The standard InChI is InChI=1S/C6H13N3S/c1-3-6(2)10-5-4-8-9-7/h6H,3-5H2,1-2H3. The fourth-order valence-corrected chi connectivity index (χ4v) is 1.28. The van der Waals surface area contributed by atoms with E-state index in [9.17, 15) is 0 Å². The minimum absolute atomic E-state index is 0.617. The van der Waals surface area contributed by atoms with Crippen LogP contribution in [0, 0.1) is 0 Å². The van der Waals surface area contributed by atoms with Gasteiger partial charge in [-0.05, 0) is 17.7 Å². The van der Waals surface area contributed by atoms with Gasteiger partial charge in [-0.25, -0.2) is 0 Å². The molecule has 0 aliphatic carbocycles. The summed E-state index contributed by atoms with van der Waals surface area (Å²) in [4.78, 5) is 2.67. The molecule has 0 aromatic rings. The molecule has 4 heteroatoms. The van der Waals surface area contributed by atoms with Gasteiger partial charge in [-0.15, -0.1) is 0 Å². The molecule has 10 heavy (non-hydrogen) atoms. The van der Waals surface area contributed by atoms with Crippen LogP contribution in [-0.2, 0) is 0 Å². The summed E-state index contributed by atoms with van der Waals surface area (Å²) >= 11 is 1.85. The van der Waals surface area contributed by atoms with Gasteiger partial charge in [0.2, 0.25) is 0 Å². The minimum Gasteiger partial charge on any atom is -0.159 e. The largest absolute Gasteiger partial charge is 0.159 e. The zero-order valence-corrected chi connectivity index (χ0v) is 7.27. The Morgan fingerprint density at radius 2 is 2.40 bits per heavy atom. The third-order valence-corrected chi connectivity index (χ3v) is 2.55. The predicted molar refractivity (Wildman–Crippen MR) is 46.2 cm³/mol. The van der Waals surface area contributed by atoms with Gasteiger partial charge in [-0.1, -0.05) is 19.0 Å². The Balaban J connectivity index is 3.10. The molecule has 0 fully saturated rings. The molecule has 0 heterocycles. The summed E-state index contributed by atoms with van der Waals surface area (Å²) in [6, 6.07) is 0. The number of thioether (sulfide) groups is 1. The Labute approximate surface area is 65.8 Å².